The Kier molecular flexibility index (Phi) is 3.97. The van der Waals surface area contributed by atoms with Gasteiger partial charge in [0.1, 0.15) is 6.61 Å². The van der Waals surface area contributed by atoms with Crippen molar-refractivity contribution in [3.63, 3.8) is 0 Å². The Labute approximate surface area is 99.3 Å². The van der Waals surface area contributed by atoms with Gasteiger partial charge in [0, 0.05) is 35.5 Å². The molecule has 1 fully saturated rings. The lowest BCUT2D eigenvalue weighted by Gasteiger charge is -2.12. The molecule has 0 radical (unpaired) electrons. The van der Waals surface area contributed by atoms with Crippen LogP contribution in [0.3, 0.4) is 0 Å². The summed E-state index contributed by atoms with van der Waals surface area (Å²) in [5.41, 5.74) is 0.966. The summed E-state index contributed by atoms with van der Waals surface area (Å²) in [7, 11) is 0. The fraction of sp³-hybridized carbons (Fsp3) is 0.500. The molecule has 0 aromatic carbocycles. The molecule has 1 aliphatic heterocycles. The maximum atomic E-state index is 9.41. The molecule has 16 heavy (non-hydrogen) atoms. The topological polar surface area (TPSA) is 43.7 Å². The normalized spacial score (nSPS) is 20.8. The van der Waals surface area contributed by atoms with Crippen LogP contribution < -0.4 is 0 Å². The van der Waals surface area contributed by atoms with Crippen LogP contribution in [0.1, 0.15) is 16.9 Å². The zero-order valence-corrected chi connectivity index (χ0v) is 9.83. The molecule has 0 saturated carbocycles. The van der Waals surface area contributed by atoms with E-state index in [0.717, 1.165) is 31.6 Å². The fourth-order valence-corrected chi connectivity index (χ4v) is 2.70. The van der Waals surface area contributed by atoms with Crippen LogP contribution in [-0.4, -0.2) is 40.9 Å². The monoisotopic (exact) mass is 237 g/mol. The third-order valence-corrected chi connectivity index (χ3v) is 3.51. The maximum Gasteiger partial charge on any atom is 0.104 e. The van der Waals surface area contributed by atoms with Gasteiger partial charge in [-0.25, -0.2) is 0 Å². The van der Waals surface area contributed by atoms with Gasteiger partial charge in [-0.1, -0.05) is 11.8 Å². The summed E-state index contributed by atoms with van der Waals surface area (Å²) >= 11 is 1.68. The Morgan fingerprint density at radius 1 is 1.56 bits per heavy atom. The van der Waals surface area contributed by atoms with Crippen LogP contribution in [0, 0.1) is 11.8 Å². The van der Waals surface area contributed by atoms with Crippen LogP contribution in [-0.2, 0) is 6.54 Å². The number of β-amino-alcohol motifs (C(OH)–C–C–N with tert-alkyl or cyclic N) is 1. The average molecular weight is 237 g/mol. The largest absolute Gasteiger partial charge is 0.392 e. The van der Waals surface area contributed by atoms with Gasteiger partial charge in [0.2, 0.25) is 0 Å². The molecule has 2 rings (SSSR count). The van der Waals surface area contributed by atoms with E-state index in [-0.39, 0.29) is 12.7 Å². The third-order valence-electron chi connectivity index (χ3n) is 2.59. The Hall–Kier alpha value is -0.860. The first-order valence-corrected chi connectivity index (χ1v) is 6.23. The van der Waals surface area contributed by atoms with Crippen molar-refractivity contribution >= 4 is 11.3 Å². The Bertz CT molecular complexity index is 405. The second-order valence-corrected chi connectivity index (χ2v) is 4.93. The Morgan fingerprint density at radius 3 is 3.12 bits per heavy atom. The summed E-state index contributed by atoms with van der Waals surface area (Å²) in [4.78, 5) is 3.51. The van der Waals surface area contributed by atoms with E-state index in [4.69, 9.17) is 5.11 Å². The summed E-state index contributed by atoms with van der Waals surface area (Å²) < 4.78 is 0. The van der Waals surface area contributed by atoms with Gasteiger partial charge in [0.05, 0.1) is 6.10 Å². The van der Waals surface area contributed by atoms with Gasteiger partial charge in [-0.2, -0.15) is 0 Å². The molecule has 3 nitrogen and oxygen atoms in total. The quantitative estimate of drug-likeness (QED) is 0.743. The standard InChI is InChI=1S/C12H15NO2S/c14-5-1-2-10-6-12(16-9-10)8-13-4-3-11(15)7-13/h6,9,11,14-15H,3-5,7-8H2. The number of hydrogen-bond acceptors (Lipinski definition) is 4. The molecule has 0 aliphatic carbocycles. The van der Waals surface area contributed by atoms with E-state index in [0.29, 0.717) is 0 Å². The summed E-state index contributed by atoms with van der Waals surface area (Å²) in [6.45, 7) is 2.54. The summed E-state index contributed by atoms with van der Waals surface area (Å²) in [5.74, 6) is 5.53. The molecule has 2 heterocycles. The van der Waals surface area contributed by atoms with E-state index in [2.05, 4.69) is 22.8 Å². The molecule has 0 spiro atoms. The van der Waals surface area contributed by atoms with E-state index >= 15 is 0 Å². The predicted octanol–water partition coefficient (Wildman–Crippen LogP) is 0.659. The van der Waals surface area contributed by atoms with Crippen LogP contribution in [0.5, 0.6) is 0 Å². The number of aliphatic hydroxyl groups is 2. The van der Waals surface area contributed by atoms with E-state index < -0.39 is 0 Å². The van der Waals surface area contributed by atoms with E-state index in [1.807, 2.05) is 5.38 Å². The minimum Gasteiger partial charge on any atom is -0.392 e. The van der Waals surface area contributed by atoms with Crippen molar-refractivity contribution in [1.82, 2.24) is 4.90 Å². The van der Waals surface area contributed by atoms with Crippen molar-refractivity contribution < 1.29 is 10.2 Å². The van der Waals surface area contributed by atoms with Gasteiger partial charge in [0.15, 0.2) is 0 Å². The number of nitrogens with zero attached hydrogens (tertiary/aromatic N) is 1. The van der Waals surface area contributed by atoms with Crippen LogP contribution in [0.4, 0.5) is 0 Å². The minimum absolute atomic E-state index is 0.0938. The molecule has 0 amide bonds. The van der Waals surface area contributed by atoms with Crippen molar-refractivity contribution in [2.45, 2.75) is 19.1 Å². The highest BCUT2D eigenvalue weighted by Gasteiger charge is 2.20. The molecule has 1 aromatic heterocycles. The first kappa shape index (κ1) is 11.6. The molecule has 1 atom stereocenters. The molecule has 2 N–H and O–H groups in total. The van der Waals surface area contributed by atoms with Gasteiger partial charge in [-0.05, 0) is 12.5 Å². The molecular weight excluding hydrogens is 222 g/mol. The fourth-order valence-electron chi connectivity index (χ4n) is 1.85. The number of likely N-dealkylation sites (tertiary alicyclic amines) is 1. The number of aliphatic hydroxyl groups excluding tert-OH is 2. The molecule has 86 valence electrons. The second kappa shape index (κ2) is 5.46. The number of hydrogen-bond donors (Lipinski definition) is 2. The maximum absolute atomic E-state index is 9.41. The minimum atomic E-state index is -0.159. The van der Waals surface area contributed by atoms with Gasteiger partial charge in [-0.3, -0.25) is 4.90 Å². The van der Waals surface area contributed by atoms with Crippen molar-refractivity contribution in [3.05, 3.63) is 21.9 Å². The van der Waals surface area contributed by atoms with Gasteiger partial charge < -0.3 is 10.2 Å². The summed E-state index contributed by atoms with van der Waals surface area (Å²) in [5, 5.41) is 20.0. The molecule has 0 bridgehead atoms. The van der Waals surface area contributed by atoms with Crippen LogP contribution in [0.25, 0.3) is 0 Å². The van der Waals surface area contributed by atoms with Crippen molar-refractivity contribution in [2.75, 3.05) is 19.7 Å². The molecule has 1 aromatic rings. The molecule has 1 unspecified atom stereocenters. The molecular formula is C12H15NO2S. The lowest BCUT2D eigenvalue weighted by molar-refractivity contribution is 0.175. The van der Waals surface area contributed by atoms with Crippen LogP contribution in [0.15, 0.2) is 11.4 Å². The van der Waals surface area contributed by atoms with Crippen LogP contribution >= 0.6 is 11.3 Å². The summed E-state index contributed by atoms with van der Waals surface area (Å²) in [6, 6.07) is 2.05. The van der Waals surface area contributed by atoms with Gasteiger partial charge in [-0.15, -0.1) is 11.3 Å². The molecule has 4 heteroatoms. The lowest BCUT2D eigenvalue weighted by Crippen LogP contribution is -2.20. The Balaban J connectivity index is 1.92. The smallest absolute Gasteiger partial charge is 0.104 e. The highest BCUT2D eigenvalue weighted by atomic mass is 32.1. The summed E-state index contributed by atoms with van der Waals surface area (Å²) in [6.07, 6.45) is 0.719. The highest BCUT2D eigenvalue weighted by molar-refractivity contribution is 7.10. The molecule has 1 saturated heterocycles. The SMILES string of the molecule is OCC#Cc1csc(CN2CCC(O)C2)c1. The van der Waals surface area contributed by atoms with Gasteiger partial charge >= 0.3 is 0 Å². The Morgan fingerprint density at radius 2 is 2.44 bits per heavy atom. The van der Waals surface area contributed by atoms with Crippen LogP contribution in [0.2, 0.25) is 0 Å². The zero-order chi connectivity index (χ0) is 11.4. The highest BCUT2D eigenvalue weighted by Crippen LogP contribution is 2.19. The third kappa shape index (κ3) is 3.06. The zero-order valence-electron chi connectivity index (χ0n) is 9.02. The predicted molar refractivity (Wildman–Crippen MR) is 64.2 cm³/mol. The van der Waals surface area contributed by atoms with Crippen molar-refractivity contribution in [1.29, 1.82) is 0 Å². The number of thiophene rings is 1. The van der Waals surface area contributed by atoms with Gasteiger partial charge in [0.25, 0.3) is 0 Å². The van der Waals surface area contributed by atoms with E-state index in [9.17, 15) is 5.11 Å². The average Bonchev–Trinajstić information content (AvgIpc) is 2.86. The van der Waals surface area contributed by atoms with Crippen molar-refractivity contribution in [2.24, 2.45) is 0 Å². The first-order valence-electron chi connectivity index (χ1n) is 5.35. The molecule has 1 aliphatic rings. The second-order valence-electron chi connectivity index (χ2n) is 3.94. The first-order chi connectivity index (χ1) is 7.78. The van der Waals surface area contributed by atoms with E-state index in [1.165, 1.54) is 4.88 Å². The lowest BCUT2D eigenvalue weighted by atomic mass is 10.3. The van der Waals surface area contributed by atoms with Crippen molar-refractivity contribution in [3.8, 4) is 11.8 Å². The van der Waals surface area contributed by atoms with E-state index in [1.54, 1.807) is 11.3 Å². The number of rotatable bonds is 2.